The third-order valence-corrected chi connectivity index (χ3v) is 4.76. The Balaban J connectivity index is 0.00000338. The van der Waals surface area contributed by atoms with Crippen molar-refractivity contribution in [3.63, 3.8) is 0 Å². The summed E-state index contributed by atoms with van der Waals surface area (Å²) in [4.78, 5) is 7.22. The number of methoxy groups -OCH3 is 1. The highest BCUT2D eigenvalue weighted by atomic mass is 127. The molecule has 1 aliphatic heterocycles. The molecule has 1 heterocycles. The molecule has 1 aromatic carbocycles. The second kappa shape index (κ2) is 13.3. The van der Waals surface area contributed by atoms with Gasteiger partial charge in [0.15, 0.2) is 5.96 Å². The monoisotopic (exact) mass is 474 g/mol. The highest BCUT2D eigenvalue weighted by molar-refractivity contribution is 14.0. The van der Waals surface area contributed by atoms with Gasteiger partial charge in [-0.05, 0) is 51.3 Å². The average molecular weight is 474 g/mol. The van der Waals surface area contributed by atoms with Gasteiger partial charge >= 0.3 is 0 Å². The van der Waals surface area contributed by atoms with E-state index in [1.54, 1.807) is 7.11 Å². The molecule has 5 nitrogen and oxygen atoms in total. The second-order valence-corrected chi connectivity index (χ2v) is 6.84. The number of piperidine rings is 1. The van der Waals surface area contributed by atoms with E-state index in [4.69, 9.17) is 9.73 Å². The predicted molar refractivity (Wildman–Crippen MR) is 120 cm³/mol. The number of halogens is 1. The summed E-state index contributed by atoms with van der Waals surface area (Å²) in [5.74, 6) is 1.65. The first-order valence-electron chi connectivity index (χ1n) is 9.50. The standard InChI is InChI=1S/C20H34N4O.HI/c1-4-21-20(22-15-18-7-5-17(2)6-8-18)23-16-19-9-11-24(12-10-19)13-14-25-3;/h5-8,19H,4,9-16H2,1-3H3,(H2,21,22,23);1H. The number of nitrogens with zero attached hydrogens (tertiary/aromatic N) is 2. The summed E-state index contributed by atoms with van der Waals surface area (Å²) in [7, 11) is 1.77. The van der Waals surface area contributed by atoms with Gasteiger partial charge in [0.2, 0.25) is 0 Å². The lowest BCUT2D eigenvalue weighted by Crippen LogP contribution is -2.43. The van der Waals surface area contributed by atoms with Gasteiger partial charge in [-0.1, -0.05) is 29.8 Å². The fourth-order valence-corrected chi connectivity index (χ4v) is 3.08. The topological polar surface area (TPSA) is 48.9 Å². The van der Waals surface area contributed by atoms with Crippen LogP contribution >= 0.6 is 24.0 Å². The van der Waals surface area contributed by atoms with E-state index < -0.39 is 0 Å². The zero-order valence-electron chi connectivity index (χ0n) is 16.5. The van der Waals surface area contributed by atoms with Gasteiger partial charge in [0.25, 0.3) is 0 Å². The highest BCUT2D eigenvalue weighted by Gasteiger charge is 2.18. The number of benzene rings is 1. The van der Waals surface area contributed by atoms with Crippen molar-refractivity contribution in [3.8, 4) is 0 Å². The van der Waals surface area contributed by atoms with Crippen LogP contribution in [0, 0.1) is 12.8 Å². The van der Waals surface area contributed by atoms with E-state index in [1.807, 2.05) is 0 Å². The minimum absolute atomic E-state index is 0. The molecular weight excluding hydrogens is 439 g/mol. The maximum absolute atomic E-state index is 5.17. The van der Waals surface area contributed by atoms with Crippen LogP contribution in [0.4, 0.5) is 0 Å². The first-order chi connectivity index (χ1) is 12.2. The summed E-state index contributed by atoms with van der Waals surface area (Å²) in [6.45, 7) is 11.0. The molecule has 1 aliphatic rings. The molecule has 0 bridgehead atoms. The molecule has 0 saturated carbocycles. The van der Waals surface area contributed by atoms with E-state index in [1.165, 1.54) is 37.1 Å². The van der Waals surface area contributed by atoms with Crippen molar-refractivity contribution in [2.45, 2.75) is 33.2 Å². The van der Waals surface area contributed by atoms with Gasteiger partial charge < -0.3 is 20.3 Å². The van der Waals surface area contributed by atoms with E-state index in [2.05, 4.69) is 53.6 Å². The Labute approximate surface area is 176 Å². The third-order valence-electron chi connectivity index (χ3n) is 4.76. The zero-order valence-corrected chi connectivity index (χ0v) is 18.8. The molecule has 0 unspecified atom stereocenters. The van der Waals surface area contributed by atoms with Crippen molar-refractivity contribution >= 4 is 29.9 Å². The van der Waals surface area contributed by atoms with Crippen molar-refractivity contribution in [1.29, 1.82) is 0 Å². The van der Waals surface area contributed by atoms with Crippen LogP contribution in [0.25, 0.3) is 0 Å². The van der Waals surface area contributed by atoms with Crippen molar-refractivity contribution in [3.05, 3.63) is 35.4 Å². The molecule has 0 aromatic heterocycles. The van der Waals surface area contributed by atoms with Crippen LogP contribution in [0.1, 0.15) is 30.9 Å². The summed E-state index contributed by atoms with van der Waals surface area (Å²) in [6, 6.07) is 8.58. The number of guanidine groups is 1. The van der Waals surface area contributed by atoms with Gasteiger partial charge in [-0.3, -0.25) is 0 Å². The lowest BCUT2D eigenvalue weighted by Gasteiger charge is -2.32. The summed E-state index contributed by atoms with van der Waals surface area (Å²) >= 11 is 0. The Bertz CT molecular complexity index is 513. The van der Waals surface area contributed by atoms with Crippen molar-refractivity contribution < 1.29 is 4.74 Å². The molecule has 0 radical (unpaired) electrons. The molecule has 6 heteroatoms. The molecule has 0 aliphatic carbocycles. The molecule has 0 amide bonds. The van der Waals surface area contributed by atoms with Crippen LogP contribution in [0.3, 0.4) is 0 Å². The first-order valence-corrected chi connectivity index (χ1v) is 9.50. The van der Waals surface area contributed by atoms with E-state index in [0.29, 0.717) is 6.54 Å². The SMILES string of the molecule is CCNC(=NCc1ccc(C)cc1)NCC1CCN(CCOC)CC1.I. The molecule has 2 rings (SSSR count). The van der Waals surface area contributed by atoms with Gasteiger partial charge in [-0.25, -0.2) is 4.99 Å². The van der Waals surface area contributed by atoms with Gasteiger partial charge in [0.1, 0.15) is 0 Å². The summed E-state index contributed by atoms with van der Waals surface area (Å²) < 4.78 is 5.17. The van der Waals surface area contributed by atoms with E-state index in [9.17, 15) is 0 Å². The average Bonchev–Trinajstić information content (AvgIpc) is 2.64. The number of hydrogen-bond donors (Lipinski definition) is 2. The number of aliphatic imine (C=N–C) groups is 1. The lowest BCUT2D eigenvalue weighted by molar-refractivity contribution is 0.121. The Kier molecular flexibility index (Phi) is 11.9. The van der Waals surface area contributed by atoms with Gasteiger partial charge in [0.05, 0.1) is 13.2 Å². The minimum atomic E-state index is 0. The highest BCUT2D eigenvalue weighted by Crippen LogP contribution is 2.16. The van der Waals surface area contributed by atoms with Crippen LogP contribution in [0.5, 0.6) is 0 Å². The van der Waals surface area contributed by atoms with Gasteiger partial charge in [-0.2, -0.15) is 0 Å². The Morgan fingerprint density at radius 3 is 2.50 bits per heavy atom. The number of rotatable bonds is 8. The van der Waals surface area contributed by atoms with Crippen LogP contribution in [-0.4, -0.2) is 57.3 Å². The summed E-state index contributed by atoms with van der Waals surface area (Å²) in [5, 5.41) is 6.88. The molecule has 0 spiro atoms. The first kappa shape index (κ1) is 23.2. The van der Waals surface area contributed by atoms with Gasteiger partial charge in [0, 0.05) is 26.7 Å². The lowest BCUT2D eigenvalue weighted by atomic mass is 9.97. The van der Waals surface area contributed by atoms with E-state index in [0.717, 1.165) is 38.1 Å². The van der Waals surface area contributed by atoms with Crippen LogP contribution < -0.4 is 10.6 Å². The Morgan fingerprint density at radius 1 is 1.19 bits per heavy atom. The van der Waals surface area contributed by atoms with Crippen molar-refractivity contribution in [1.82, 2.24) is 15.5 Å². The third kappa shape index (κ3) is 8.68. The van der Waals surface area contributed by atoms with Crippen molar-refractivity contribution in [2.24, 2.45) is 10.9 Å². The maximum Gasteiger partial charge on any atom is 0.191 e. The largest absolute Gasteiger partial charge is 0.383 e. The zero-order chi connectivity index (χ0) is 17.9. The molecule has 1 fully saturated rings. The predicted octanol–water partition coefficient (Wildman–Crippen LogP) is 3.03. The van der Waals surface area contributed by atoms with E-state index >= 15 is 0 Å². The summed E-state index contributed by atoms with van der Waals surface area (Å²) in [5.41, 5.74) is 2.53. The molecule has 26 heavy (non-hydrogen) atoms. The van der Waals surface area contributed by atoms with Crippen molar-refractivity contribution in [2.75, 3.05) is 46.4 Å². The maximum atomic E-state index is 5.17. The van der Waals surface area contributed by atoms with E-state index in [-0.39, 0.29) is 24.0 Å². The molecular formula is C20H35IN4O. The molecule has 0 atom stereocenters. The number of aryl methyl sites for hydroxylation is 1. The fourth-order valence-electron chi connectivity index (χ4n) is 3.08. The van der Waals surface area contributed by atoms with Crippen LogP contribution in [0.2, 0.25) is 0 Å². The fraction of sp³-hybridized carbons (Fsp3) is 0.650. The number of nitrogens with one attached hydrogen (secondary N) is 2. The van der Waals surface area contributed by atoms with Crippen LogP contribution in [0.15, 0.2) is 29.3 Å². The number of likely N-dealkylation sites (tertiary alicyclic amines) is 1. The number of ether oxygens (including phenoxy) is 1. The normalized spacial score (nSPS) is 16.2. The second-order valence-electron chi connectivity index (χ2n) is 6.84. The van der Waals surface area contributed by atoms with Crippen LogP contribution in [-0.2, 0) is 11.3 Å². The molecule has 1 saturated heterocycles. The van der Waals surface area contributed by atoms with Gasteiger partial charge in [-0.15, -0.1) is 24.0 Å². The quantitative estimate of drug-likeness (QED) is 0.346. The summed E-state index contributed by atoms with van der Waals surface area (Å²) in [6.07, 6.45) is 2.49. The molecule has 148 valence electrons. The minimum Gasteiger partial charge on any atom is -0.383 e. The molecule has 2 N–H and O–H groups in total. The number of hydrogen-bond acceptors (Lipinski definition) is 3. The Morgan fingerprint density at radius 2 is 1.88 bits per heavy atom. The Hall–Kier alpha value is -0.860. The molecule has 1 aromatic rings. The smallest absolute Gasteiger partial charge is 0.191 e.